The van der Waals surface area contributed by atoms with Crippen molar-refractivity contribution in [3.63, 3.8) is 0 Å². The number of anilines is 1. The highest BCUT2D eigenvalue weighted by Gasteiger charge is 2.20. The van der Waals surface area contributed by atoms with Crippen molar-refractivity contribution in [3.05, 3.63) is 65.7 Å². The minimum absolute atomic E-state index is 0.0611. The van der Waals surface area contributed by atoms with E-state index in [0.29, 0.717) is 5.75 Å². The van der Waals surface area contributed by atoms with E-state index in [9.17, 15) is 13.2 Å². The molecule has 26 heavy (non-hydrogen) atoms. The molecule has 1 N–H and O–H groups in total. The highest BCUT2D eigenvalue weighted by Crippen LogP contribution is 2.28. The number of ether oxygens (including phenoxy) is 1. The molecular formula is C16H13ClN4O4S. The van der Waals surface area contributed by atoms with Gasteiger partial charge in [-0.1, -0.05) is 17.7 Å². The number of nitrogens with one attached hydrogen (secondary N) is 1. The normalized spacial score (nSPS) is 11.2. The van der Waals surface area contributed by atoms with Crippen molar-refractivity contribution in [1.29, 1.82) is 0 Å². The molecule has 3 rings (SSSR count). The Bertz CT molecular complexity index is 1050. The topological polar surface area (TPSA) is 103 Å². The van der Waals surface area contributed by atoms with E-state index >= 15 is 0 Å². The Morgan fingerprint density at radius 3 is 2.73 bits per heavy atom. The second kappa shape index (κ2) is 7.14. The van der Waals surface area contributed by atoms with E-state index in [1.807, 2.05) is 0 Å². The molecule has 0 saturated heterocycles. The van der Waals surface area contributed by atoms with Crippen molar-refractivity contribution in [1.82, 2.24) is 14.2 Å². The standard InChI is InChI=1S/C16H13ClN4O4S/c1-25-15-6-5-12(8-13(15)17)26(23,24)21-10-11(9-19-21)20-16(22)14-4-2-3-7-18-14/h2-10H,1H3,(H,20,22). The molecule has 0 radical (unpaired) electrons. The first-order valence-corrected chi connectivity index (χ1v) is 9.10. The second-order valence-electron chi connectivity index (χ2n) is 5.07. The highest BCUT2D eigenvalue weighted by atomic mass is 35.5. The van der Waals surface area contributed by atoms with Crippen LogP contribution in [0.25, 0.3) is 0 Å². The Hall–Kier alpha value is -2.91. The lowest BCUT2D eigenvalue weighted by Gasteiger charge is -2.07. The molecule has 0 bridgehead atoms. The zero-order chi connectivity index (χ0) is 18.7. The zero-order valence-corrected chi connectivity index (χ0v) is 15.0. The molecule has 1 amide bonds. The minimum Gasteiger partial charge on any atom is -0.495 e. The number of methoxy groups -OCH3 is 1. The quantitative estimate of drug-likeness (QED) is 0.715. The molecule has 0 aliphatic heterocycles. The predicted octanol–water partition coefficient (Wildman–Crippen LogP) is 2.43. The summed E-state index contributed by atoms with van der Waals surface area (Å²) < 4.78 is 31.0. The van der Waals surface area contributed by atoms with Crippen LogP contribution in [0.2, 0.25) is 5.02 Å². The van der Waals surface area contributed by atoms with Gasteiger partial charge in [0.05, 0.1) is 35.1 Å². The lowest BCUT2D eigenvalue weighted by atomic mass is 10.3. The van der Waals surface area contributed by atoms with Gasteiger partial charge in [0.1, 0.15) is 11.4 Å². The number of nitrogens with zero attached hydrogens (tertiary/aromatic N) is 3. The van der Waals surface area contributed by atoms with Gasteiger partial charge in [-0.3, -0.25) is 9.78 Å². The van der Waals surface area contributed by atoms with Gasteiger partial charge in [-0.05, 0) is 30.3 Å². The number of benzene rings is 1. The van der Waals surface area contributed by atoms with Crippen LogP contribution in [-0.2, 0) is 10.0 Å². The molecular weight excluding hydrogens is 380 g/mol. The lowest BCUT2D eigenvalue weighted by molar-refractivity contribution is 0.102. The maximum atomic E-state index is 12.6. The number of carbonyl (C=O) groups excluding carboxylic acids is 1. The van der Waals surface area contributed by atoms with Crippen LogP contribution >= 0.6 is 11.6 Å². The molecule has 8 nitrogen and oxygen atoms in total. The Morgan fingerprint density at radius 1 is 1.27 bits per heavy atom. The van der Waals surface area contributed by atoms with Crippen molar-refractivity contribution in [3.8, 4) is 5.75 Å². The second-order valence-corrected chi connectivity index (χ2v) is 7.27. The van der Waals surface area contributed by atoms with E-state index in [1.54, 1.807) is 12.1 Å². The monoisotopic (exact) mass is 392 g/mol. The summed E-state index contributed by atoms with van der Waals surface area (Å²) in [5.41, 5.74) is 0.411. The summed E-state index contributed by atoms with van der Waals surface area (Å²) in [6.07, 6.45) is 3.90. The fraction of sp³-hybridized carbons (Fsp3) is 0.0625. The SMILES string of the molecule is COc1ccc(S(=O)(=O)n2cc(NC(=O)c3ccccn3)cn2)cc1Cl. The molecule has 0 aliphatic rings. The van der Waals surface area contributed by atoms with Gasteiger partial charge in [0.15, 0.2) is 0 Å². The Morgan fingerprint density at radius 2 is 2.08 bits per heavy atom. The number of hydrogen-bond acceptors (Lipinski definition) is 6. The van der Waals surface area contributed by atoms with Crippen molar-refractivity contribution in [2.24, 2.45) is 0 Å². The van der Waals surface area contributed by atoms with Gasteiger partial charge in [0.2, 0.25) is 0 Å². The number of pyridine rings is 1. The summed E-state index contributed by atoms with van der Waals surface area (Å²) >= 11 is 5.98. The van der Waals surface area contributed by atoms with Crippen molar-refractivity contribution >= 4 is 33.2 Å². The van der Waals surface area contributed by atoms with E-state index in [4.69, 9.17) is 16.3 Å². The summed E-state index contributed by atoms with van der Waals surface area (Å²) in [7, 11) is -2.54. The molecule has 3 aromatic rings. The molecule has 134 valence electrons. The van der Waals surface area contributed by atoms with Gasteiger partial charge in [-0.15, -0.1) is 0 Å². The summed E-state index contributed by atoms with van der Waals surface area (Å²) in [6.45, 7) is 0. The smallest absolute Gasteiger partial charge is 0.283 e. The molecule has 0 saturated carbocycles. The molecule has 1 aromatic carbocycles. The molecule has 10 heteroatoms. The van der Waals surface area contributed by atoms with Crippen LogP contribution < -0.4 is 10.1 Å². The van der Waals surface area contributed by atoms with Crippen LogP contribution in [-0.4, -0.2) is 35.6 Å². The zero-order valence-electron chi connectivity index (χ0n) is 13.5. The number of aromatic nitrogens is 3. The van der Waals surface area contributed by atoms with Crippen LogP contribution in [0.5, 0.6) is 5.75 Å². The summed E-state index contributed by atoms with van der Waals surface area (Å²) in [6, 6.07) is 8.96. The van der Waals surface area contributed by atoms with Crippen LogP contribution in [0.4, 0.5) is 5.69 Å². The van der Waals surface area contributed by atoms with E-state index in [1.165, 1.54) is 50.0 Å². The third kappa shape index (κ3) is 3.53. The Balaban J connectivity index is 1.84. The predicted molar refractivity (Wildman–Crippen MR) is 95.0 cm³/mol. The van der Waals surface area contributed by atoms with Crippen LogP contribution in [0.1, 0.15) is 10.5 Å². The number of rotatable bonds is 5. The fourth-order valence-electron chi connectivity index (χ4n) is 2.11. The molecule has 0 aliphatic carbocycles. The molecule has 0 atom stereocenters. The Kier molecular flexibility index (Phi) is 4.92. The number of halogens is 1. The third-order valence-corrected chi connectivity index (χ3v) is 5.22. The third-order valence-electron chi connectivity index (χ3n) is 3.38. The summed E-state index contributed by atoms with van der Waals surface area (Å²) in [5, 5.41) is 6.50. The maximum absolute atomic E-state index is 12.6. The maximum Gasteiger partial charge on any atom is 0.283 e. The molecule has 2 heterocycles. The van der Waals surface area contributed by atoms with E-state index in [2.05, 4.69) is 15.4 Å². The average Bonchev–Trinajstić information content (AvgIpc) is 3.11. The van der Waals surface area contributed by atoms with Gasteiger partial charge in [0.25, 0.3) is 15.9 Å². The molecule has 0 unspecified atom stereocenters. The van der Waals surface area contributed by atoms with Crippen molar-refractivity contribution in [2.45, 2.75) is 4.90 Å². The van der Waals surface area contributed by atoms with E-state index < -0.39 is 15.9 Å². The minimum atomic E-state index is -3.97. The van der Waals surface area contributed by atoms with Crippen molar-refractivity contribution in [2.75, 3.05) is 12.4 Å². The summed E-state index contributed by atoms with van der Waals surface area (Å²) in [4.78, 5) is 15.9. The highest BCUT2D eigenvalue weighted by molar-refractivity contribution is 7.89. The van der Waals surface area contributed by atoms with Gasteiger partial charge in [-0.25, -0.2) is 0 Å². The number of carbonyl (C=O) groups is 1. The van der Waals surface area contributed by atoms with Gasteiger partial charge < -0.3 is 10.1 Å². The van der Waals surface area contributed by atoms with Crippen LogP contribution in [0, 0.1) is 0 Å². The lowest BCUT2D eigenvalue weighted by Crippen LogP contribution is -2.14. The van der Waals surface area contributed by atoms with Gasteiger partial charge >= 0.3 is 0 Å². The van der Waals surface area contributed by atoms with Crippen LogP contribution in [0.3, 0.4) is 0 Å². The molecule has 0 spiro atoms. The van der Waals surface area contributed by atoms with E-state index in [-0.39, 0.29) is 21.3 Å². The summed E-state index contributed by atoms with van der Waals surface area (Å²) in [5.74, 6) is -0.121. The van der Waals surface area contributed by atoms with Gasteiger partial charge in [-0.2, -0.15) is 17.6 Å². The first-order chi connectivity index (χ1) is 12.4. The van der Waals surface area contributed by atoms with Crippen molar-refractivity contribution < 1.29 is 17.9 Å². The largest absolute Gasteiger partial charge is 0.495 e. The van der Waals surface area contributed by atoms with Gasteiger partial charge in [0, 0.05) is 6.20 Å². The first kappa shape index (κ1) is 17.9. The fourth-order valence-corrected chi connectivity index (χ4v) is 3.58. The molecule has 2 aromatic heterocycles. The Labute approximate surface area is 154 Å². The van der Waals surface area contributed by atoms with E-state index in [0.717, 1.165) is 4.09 Å². The first-order valence-electron chi connectivity index (χ1n) is 7.28. The number of hydrogen-bond donors (Lipinski definition) is 1. The molecule has 0 fully saturated rings. The van der Waals surface area contributed by atoms with Crippen LogP contribution in [0.15, 0.2) is 59.9 Å². The number of amides is 1. The average molecular weight is 393 g/mol.